The maximum Gasteiger partial charge on any atom is 0.319 e. The number of anilines is 2. The molecule has 2 amide bonds. The monoisotopic (exact) mass is 671 g/mol. The van der Waals surface area contributed by atoms with Crippen molar-refractivity contribution in [1.29, 1.82) is 0 Å². The standard InChI is InChI=1S/C36H45N7O4S/c1-35(2,3)23-19-24(21-25(20-23)41-48(45,46)27-12-13-27)37-34(44)38-30-14-15-31(29-10-7-6-9-28(29)30)47-26-11-16-32-39-40-33(43(32)22-26)36(4)17-8-18-42(36)5/h6-7,9-11,16,19-22,27,30-31,41H,8,12-15,17-18H2,1-5H3,(H2,37,38,44)/t30-,31+,36-/m0/s1. The number of ether oxygens (including phenoxy) is 1. The SMILES string of the molecule is CN1CCC[C@@]1(C)c1nnc2ccc(O[C@@H]3CC[C@H](NC(=O)Nc4cc(NS(=O)(=O)C5CC5)cc(C(C)(C)C)c4)c4ccccc43)cn12. The molecule has 254 valence electrons. The highest BCUT2D eigenvalue weighted by Crippen LogP contribution is 2.40. The van der Waals surface area contributed by atoms with E-state index in [1.54, 1.807) is 6.07 Å². The Labute approximate surface area is 282 Å². The molecule has 1 saturated heterocycles. The van der Waals surface area contributed by atoms with Gasteiger partial charge in [0.1, 0.15) is 11.9 Å². The summed E-state index contributed by atoms with van der Waals surface area (Å²) >= 11 is 0. The van der Waals surface area contributed by atoms with Gasteiger partial charge in [-0.25, -0.2) is 13.2 Å². The fraction of sp³-hybridized carbons (Fsp3) is 0.472. The molecule has 0 radical (unpaired) electrons. The third kappa shape index (κ3) is 6.35. The summed E-state index contributed by atoms with van der Waals surface area (Å²) in [5.74, 6) is 1.66. The smallest absolute Gasteiger partial charge is 0.319 e. The lowest BCUT2D eigenvalue weighted by Gasteiger charge is -2.32. The largest absolute Gasteiger partial charge is 0.484 e. The molecular formula is C36H45N7O4S. The van der Waals surface area contributed by atoms with Crippen LogP contribution in [0.4, 0.5) is 16.2 Å². The molecule has 11 nitrogen and oxygen atoms in total. The Morgan fingerprint density at radius 3 is 2.44 bits per heavy atom. The number of likely N-dealkylation sites (tertiary alicyclic amines) is 1. The Kier molecular flexibility index (Phi) is 8.14. The molecule has 1 saturated carbocycles. The molecular weight excluding hydrogens is 627 g/mol. The molecule has 7 rings (SSSR count). The molecule has 3 aliphatic rings. The number of sulfonamides is 1. The minimum Gasteiger partial charge on any atom is -0.484 e. The number of benzene rings is 2. The molecule has 12 heteroatoms. The quantitative estimate of drug-likeness (QED) is 0.191. The second-order valence-corrected chi connectivity index (χ2v) is 16.7. The van der Waals surface area contributed by atoms with Gasteiger partial charge in [-0.05, 0) is 111 Å². The summed E-state index contributed by atoms with van der Waals surface area (Å²) in [4.78, 5) is 15.8. The molecule has 0 bridgehead atoms. The second-order valence-electron chi connectivity index (χ2n) is 14.8. The van der Waals surface area contributed by atoms with E-state index in [1.807, 2.05) is 48.7 Å². The number of urea groups is 1. The average molecular weight is 672 g/mol. The minimum atomic E-state index is -3.45. The number of nitrogens with one attached hydrogen (secondary N) is 3. The number of fused-ring (bicyclic) bond motifs is 2. The van der Waals surface area contributed by atoms with Gasteiger partial charge in [0.05, 0.1) is 28.7 Å². The number of amides is 2. The molecule has 2 aromatic carbocycles. The first-order chi connectivity index (χ1) is 22.8. The van der Waals surface area contributed by atoms with Crippen molar-refractivity contribution < 1.29 is 17.9 Å². The van der Waals surface area contributed by atoms with Gasteiger partial charge in [-0.3, -0.25) is 14.0 Å². The molecule has 3 heterocycles. The van der Waals surface area contributed by atoms with Crippen LogP contribution in [0.2, 0.25) is 0 Å². The summed E-state index contributed by atoms with van der Waals surface area (Å²) in [5, 5.41) is 14.8. The van der Waals surface area contributed by atoms with Crippen molar-refractivity contribution in [3.8, 4) is 5.75 Å². The fourth-order valence-electron chi connectivity index (χ4n) is 7.02. The van der Waals surface area contributed by atoms with Crippen molar-refractivity contribution in [2.45, 2.75) is 94.6 Å². The lowest BCUT2D eigenvalue weighted by Crippen LogP contribution is -2.37. The molecule has 0 spiro atoms. The van der Waals surface area contributed by atoms with Gasteiger partial charge >= 0.3 is 6.03 Å². The van der Waals surface area contributed by atoms with Crippen LogP contribution in [0.5, 0.6) is 5.75 Å². The summed E-state index contributed by atoms with van der Waals surface area (Å²) < 4.78 is 36.8. The third-order valence-electron chi connectivity index (χ3n) is 10.2. The molecule has 0 unspecified atom stereocenters. The molecule has 48 heavy (non-hydrogen) atoms. The number of pyridine rings is 1. The van der Waals surface area contributed by atoms with Gasteiger partial charge in [-0.2, -0.15) is 0 Å². The van der Waals surface area contributed by atoms with Crippen LogP contribution in [0.3, 0.4) is 0 Å². The number of hydrogen-bond acceptors (Lipinski definition) is 7. The predicted molar refractivity (Wildman–Crippen MR) is 187 cm³/mol. The Hall–Kier alpha value is -4.16. The summed E-state index contributed by atoms with van der Waals surface area (Å²) in [6.07, 6.45) is 6.70. The van der Waals surface area contributed by atoms with Crippen LogP contribution in [0.25, 0.3) is 5.65 Å². The molecule has 1 aliphatic heterocycles. The predicted octanol–water partition coefficient (Wildman–Crippen LogP) is 6.65. The lowest BCUT2D eigenvalue weighted by molar-refractivity contribution is 0.170. The van der Waals surface area contributed by atoms with E-state index in [4.69, 9.17) is 4.74 Å². The van der Waals surface area contributed by atoms with Gasteiger partial charge in [-0.1, -0.05) is 45.0 Å². The average Bonchev–Trinajstić information content (AvgIpc) is 3.74. The maximum atomic E-state index is 13.4. The summed E-state index contributed by atoms with van der Waals surface area (Å²) in [5.41, 5.74) is 4.29. The molecule has 2 fully saturated rings. The van der Waals surface area contributed by atoms with Crippen LogP contribution in [-0.2, 0) is 21.0 Å². The van der Waals surface area contributed by atoms with Gasteiger partial charge in [0.25, 0.3) is 0 Å². The van der Waals surface area contributed by atoms with Gasteiger partial charge in [-0.15, -0.1) is 10.2 Å². The van der Waals surface area contributed by atoms with E-state index in [0.29, 0.717) is 37.1 Å². The Morgan fingerprint density at radius 1 is 0.979 bits per heavy atom. The minimum absolute atomic E-state index is 0.185. The zero-order valence-electron chi connectivity index (χ0n) is 28.3. The Balaban J connectivity index is 1.08. The van der Waals surface area contributed by atoms with Crippen molar-refractivity contribution in [3.63, 3.8) is 0 Å². The number of carbonyl (C=O) groups is 1. The summed E-state index contributed by atoms with van der Waals surface area (Å²) in [6.45, 7) is 9.42. The van der Waals surface area contributed by atoms with Crippen LogP contribution in [-0.4, -0.2) is 52.8 Å². The molecule has 2 aliphatic carbocycles. The van der Waals surface area contributed by atoms with Crippen LogP contribution in [0, 0.1) is 0 Å². The third-order valence-corrected chi connectivity index (χ3v) is 12.0. The Morgan fingerprint density at radius 2 is 1.73 bits per heavy atom. The van der Waals surface area contributed by atoms with Crippen molar-refractivity contribution in [1.82, 2.24) is 24.8 Å². The van der Waals surface area contributed by atoms with Crippen LogP contribution in [0.1, 0.15) is 101 Å². The van der Waals surface area contributed by atoms with E-state index in [-0.39, 0.29) is 34.4 Å². The lowest BCUT2D eigenvalue weighted by atomic mass is 9.85. The normalized spacial score (nSPS) is 23.1. The van der Waals surface area contributed by atoms with E-state index >= 15 is 0 Å². The van der Waals surface area contributed by atoms with Crippen molar-refractivity contribution in [3.05, 3.63) is 83.3 Å². The Bertz CT molecular complexity index is 1970. The fourth-order valence-corrected chi connectivity index (χ4v) is 8.39. The highest BCUT2D eigenvalue weighted by molar-refractivity contribution is 7.93. The van der Waals surface area contributed by atoms with Crippen LogP contribution >= 0.6 is 0 Å². The number of aromatic nitrogens is 3. The van der Waals surface area contributed by atoms with Crippen molar-refractivity contribution in [2.75, 3.05) is 23.6 Å². The van der Waals surface area contributed by atoms with Crippen molar-refractivity contribution in [2.24, 2.45) is 0 Å². The van der Waals surface area contributed by atoms with E-state index < -0.39 is 10.0 Å². The number of rotatable bonds is 8. The van der Waals surface area contributed by atoms with Crippen molar-refractivity contribution >= 4 is 33.1 Å². The molecule has 3 N–H and O–H groups in total. The van der Waals surface area contributed by atoms with Gasteiger partial charge in [0, 0.05) is 5.69 Å². The summed E-state index contributed by atoms with van der Waals surface area (Å²) in [6, 6.07) is 16.8. The first-order valence-electron chi connectivity index (χ1n) is 16.9. The topological polar surface area (TPSA) is 130 Å². The van der Waals surface area contributed by atoms with E-state index in [0.717, 1.165) is 53.3 Å². The number of nitrogens with zero attached hydrogens (tertiary/aromatic N) is 4. The second kappa shape index (κ2) is 12.1. The van der Waals surface area contributed by atoms with Gasteiger partial charge in [0.2, 0.25) is 10.0 Å². The zero-order chi connectivity index (χ0) is 33.8. The molecule has 2 aromatic heterocycles. The van der Waals surface area contributed by atoms with Gasteiger partial charge < -0.3 is 15.4 Å². The molecule has 4 aromatic rings. The van der Waals surface area contributed by atoms with Crippen LogP contribution in [0.15, 0.2) is 60.8 Å². The highest BCUT2D eigenvalue weighted by Gasteiger charge is 2.40. The van der Waals surface area contributed by atoms with E-state index in [1.165, 1.54) is 0 Å². The first kappa shape index (κ1) is 32.4. The van der Waals surface area contributed by atoms with Gasteiger partial charge in [0.15, 0.2) is 11.5 Å². The molecule has 3 atom stereocenters. The highest BCUT2D eigenvalue weighted by atomic mass is 32.2. The van der Waals surface area contributed by atoms with E-state index in [9.17, 15) is 13.2 Å². The number of hydrogen-bond donors (Lipinski definition) is 3. The zero-order valence-corrected chi connectivity index (χ0v) is 29.1. The van der Waals surface area contributed by atoms with E-state index in [2.05, 4.69) is 75.7 Å². The first-order valence-corrected chi connectivity index (χ1v) is 18.4. The number of carbonyl (C=O) groups excluding carboxylic acids is 1. The maximum absolute atomic E-state index is 13.4. The van der Waals surface area contributed by atoms with Crippen LogP contribution < -0.4 is 20.1 Å². The summed E-state index contributed by atoms with van der Waals surface area (Å²) in [7, 11) is -1.31.